The lowest BCUT2D eigenvalue weighted by atomic mass is 9.86. The van der Waals surface area contributed by atoms with Crippen LogP contribution in [0.2, 0.25) is 0 Å². The van der Waals surface area contributed by atoms with E-state index in [1.807, 2.05) is 6.07 Å². The van der Waals surface area contributed by atoms with Gasteiger partial charge in [0.25, 0.3) is 0 Å². The van der Waals surface area contributed by atoms with Crippen LogP contribution in [0.15, 0.2) is 42.5 Å². The summed E-state index contributed by atoms with van der Waals surface area (Å²) in [6, 6.07) is 10.4. The number of aryl methyl sites for hydroxylation is 1. The van der Waals surface area contributed by atoms with Crippen LogP contribution in [-0.2, 0) is 6.42 Å². The summed E-state index contributed by atoms with van der Waals surface area (Å²) in [7, 11) is 0. The van der Waals surface area contributed by atoms with Gasteiger partial charge in [0.05, 0.1) is 5.60 Å². The summed E-state index contributed by atoms with van der Waals surface area (Å²) in [6.07, 6.45) is 6.83. The van der Waals surface area contributed by atoms with Gasteiger partial charge in [0.2, 0.25) is 0 Å². The summed E-state index contributed by atoms with van der Waals surface area (Å²) in [5.41, 5.74) is 0.806. The summed E-state index contributed by atoms with van der Waals surface area (Å²) in [6.45, 7) is 2.09. The topological polar surface area (TPSA) is 20.2 Å². The third-order valence-corrected chi connectivity index (χ3v) is 3.43. The first-order chi connectivity index (χ1) is 7.21. The van der Waals surface area contributed by atoms with Crippen molar-refractivity contribution in [1.29, 1.82) is 0 Å². The molecule has 80 valence electrons. The SMILES string of the molecule is CC1C=CCC1(O)CCc1ccccc1. The van der Waals surface area contributed by atoms with Crippen LogP contribution >= 0.6 is 0 Å². The second-order valence-corrected chi connectivity index (χ2v) is 4.51. The molecule has 0 radical (unpaired) electrons. The molecule has 2 atom stereocenters. The molecular formula is C14H18O. The molecule has 0 bridgehead atoms. The van der Waals surface area contributed by atoms with Crippen molar-refractivity contribution in [2.75, 3.05) is 0 Å². The molecule has 1 N–H and O–H groups in total. The summed E-state index contributed by atoms with van der Waals surface area (Å²) in [5, 5.41) is 10.4. The van der Waals surface area contributed by atoms with Crippen LogP contribution in [0.25, 0.3) is 0 Å². The highest BCUT2D eigenvalue weighted by Crippen LogP contribution is 2.33. The van der Waals surface area contributed by atoms with E-state index in [4.69, 9.17) is 0 Å². The highest BCUT2D eigenvalue weighted by molar-refractivity contribution is 5.16. The van der Waals surface area contributed by atoms with Crippen molar-refractivity contribution in [3.05, 3.63) is 48.0 Å². The van der Waals surface area contributed by atoms with E-state index in [2.05, 4.69) is 43.3 Å². The maximum atomic E-state index is 10.4. The largest absolute Gasteiger partial charge is 0.389 e. The fourth-order valence-electron chi connectivity index (χ4n) is 2.18. The lowest BCUT2D eigenvalue weighted by Crippen LogP contribution is -2.32. The lowest BCUT2D eigenvalue weighted by Gasteiger charge is -2.27. The second-order valence-electron chi connectivity index (χ2n) is 4.51. The van der Waals surface area contributed by atoms with Crippen molar-refractivity contribution in [2.45, 2.75) is 31.8 Å². The smallest absolute Gasteiger partial charge is 0.0744 e. The van der Waals surface area contributed by atoms with Gasteiger partial charge in [0.1, 0.15) is 0 Å². The number of hydrogen-bond acceptors (Lipinski definition) is 1. The normalized spacial score (nSPS) is 29.6. The van der Waals surface area contributed by atoms with Crippen molar-refractivity contribution in [1.82, 2.24) is 0 Å². The average molecular weight is 202 g/mol. The Morgan fingerprint density at radius 3 is 2.67 bits per heavy atom. The minimum absolute atomic E-state index is 0.293. The molecule has 1 aliphatic carbocycles. The summed E-state index contributed by atoms with van der Waals surface area (Å²) in [4.78, 5) is 0. The fourth-order valence-corrected chi connectivity index (χ4v) is 2.18. The maximum absolute atomic E-state index is 10.4. The van der Waals surface area contributed by atoms with Gasteiger partial charge in [-0.1, -0.05) is 49.4 Å². The van der Waals surface area contributed by atoms with Gasteiger partial charge < -0.3 is 5.11 Å². The van der Waals surface area contributed by atoms with Crippen molar-refractivity contribution in [2.24, 2.45) is 5.92 Å². The molecule has 1 heteroatoms. The van der Waals surface area contributed by atoms with Gasteiger partial charge in [-0.15, -0.1) is 0 Å². The zero-order valence-electron chi connectivity index (χ0n) is 9.19. The van der Waals surface area contributed by atoms with Crippen LogP contribution in [0, 0.1) is 5.92 Å². The first kappa shape index (κ1) is 10.4. The van der Waals surface area contributed by atoms with Crippen molar-refractivity contribution in [3.8, 4) is 0 Å². The van der Waals surface area contributed by atoms with Gasteiger partial charge in [-0.05, 0) is 24.8 Å². The van der Waals surface area contributed by atoms with Crippen LogP contribution in [0.4, 0.5) is 0 Å². The average Bonchev–Trinajstić information content (AvgIpc) is 2.59. The molecule has 0 aliphatic heterocycles. The van der Waals surface area contributed by atoms with Gasteiger partial charge in [0.15, 0.2) is 0 Å². The number of hydrogen-bond donors (Lipinski definition) is 1. The van der Waals surface area contributed by atoms with Gasteiger partial charge in [-0.2, -0.15) is 0 Å². The van der Waals surface area contributed by atoms with Crippen LogP contribution in [0.5, 0.6) is 0 Å². The van der Waals surface area contributed by atoms with Crippen molar-refractivity contribution >= 4 is 0 Å². The van der Waals surface area contributed by atoms with Gasteiger partial charge >= 0.3 is 0 Å². The fraction of sp³-hybridized carbons (Fsp3) is 0.429. The first-order valence-corrected chi connectivity index (χ1v) is 5.64. The molecule has 0 saturated carbocycles. The van der Waals surface area contributed by atoms with Crippen molar-refractivity contribution in [3.63, 3.8) is 0 Å². The van der Waals surface area contributed by atoms with Crippen LogP contribution in [0.3, 0.4) is 0 Å². The molecular weight excluding hydrogens is 184 g/mol. The Bertz CT molecular complexity index is 342. The van der Waals surface area contributed by atoms with E-state index in [1.54, 1.807) is 0 Å². The highest BCUT2D eigenvalue weighted by Gasteiger charge is 2.33. The van der Waals surface area contributed by atoms with Gasteiger partial charge in [0, 0.05) is 5.92 Å². The monoisotopic (exact) mass is 202 g/mol. The molecule has 15 heavy (non-hydrogen) atoms. The zero-order valence-corrected chi connectivity index (χ0v) is 9.19. The predicted molar refractivity (Wildman–Crippen MR) is 62.6 cm³/mol. The quantitative estimate of drug-likeness (QED) is 0.747. The molecule has 0 aromatic heterocycles. The maximum Gasteiger partial charge on any atom is 0.0744 e. The minimum atomic E-state index is -0.504. The van der Waals surface area contributed by atoms with Crippen LogP contribution in [0.1, 0.15) is 25.3 Å². The van der Waals surface area contributed by atoms with Gasteiger partial charge in [-0.3, -0.25) is 0 Å². The van der Waals surface area contributed by atoms with E-state index in [9.17, 15) is 5.11 Å². The summed E-state index contributed by atoms with van der Waals surface area (Å²) < 4.78 is 0. The lowest BCUT2D eigenvalue weighted by molar-refractivity contribution is 0.00955. The minimum Gasteiger partial charge on any atom is -0.389 e. The van der Waals surface area contributed by atoms with E-state index in [1.165, 1.54) is 5.56 Å². The third kappa shape index (κ3) is 2.29. The highest BCUT2D eigenvalue weighted by atomic mass is 16.3. The molecule has 0 heterocycles. The Morgan fingerprint density at radius 1 is 1.33 bits per heavy atom. The second kappa shape index (κ2) is 4.19. The number of benzene rings is 1. The van der Waals surface area contributed by atoms with E-state index >= 15 is 0 Å². The van der Waals surface area contributed by atoms with E-state index in [0.29, 0.717) is 5.92 Å². The van der Waals surface area contributed by atoms with Gasteiger partial charge in [-0.25, -0.2) is 0 Å². The number of rotatable bonds is 3. The molecule has 2 rings (SSSR count). The number of aliphatic hydroxyl groups is 1. The standard InChI is InChI=1S/C14H18O/c1-12-6-5-10-14(12,15)11-9-13-7-3-2-4-8-13/h2-8,12,15H,9-11H2,1H3. The molecule has 0 spiro atoms. The molecule has 2 unspecified atom stereocenters. The summed E-state index contributed by atoms with van der Waals surface area (Å²) in [5.74, 6) is 0.293. The summed E-state index contributed by atoms with van der Waals surface area (Å²) >= 11 is 0. The molecule has 0 saturated heterocycles. The molecule has 1 aliphatic rings. The molecule has 1 aromatic rings. The van der Waals surface area contributed by atoms with E-state index in [0.717, 1.165) is 19.3 Å². The van der Waals surface area contributed by atoms with Crippen LogP contribution in [-0.4, -0.2) is 10.7 Å². The Labute approximate surface area is 91.4 Å². The Hall–Kier alpha value is -1.08. The Balaban J connectivity index is 1.94. The third-order valence-electron chi connectivity index (χ3n) is 3.43. The Morgan fingerprint density at radius 2 is 2.07 bits per heavy atom. The molecule has 0 fully saturated rings. The molecule has 1 aromatic carbocycles. The molecule has 1 nitrogen and oxygen atoms in total. The zero-order chi connectivity index (χ0) is 10.7. The predicted octanol–water partition coefficient (Wildman–Crippen LogP) is 2.95. The first-order valence-electron chi connectivity index (χ1n) is 5.64. The van der Waals surface area contributed by atoms with E-state index < -0.39 is 5.60 Å². The molecule has 0 amide bonds. The van der Waals surface area contributed by atoms with Crippen LogP contribution < -0.4 is 0 Å². The Kier molecular flexibility index (Phi) is 2.92. The van der Waals surface area contributed by atoms with Crippen molar-refractivity contribution < 1.29 is 5.11 Å². The van der Waals surface area contributed by atoms with E-state index in [-0.39, 0.29) is 0 Å².